The van der Waals surface area contributed by atoms with Crippen LogP contribution in [0.1, 0.15) is 29.6 Å². The number of ether oxygens (including phenoxy) is 1. The van der Waals surface area contributed by atoms with Gasteiger partial charge >= 0.3 is 0 Å². The highest BCUT2D eigenvalue weighted by Crippen LogP contribution is 2.22. The van der Waals surface area contributed by atoms with Gasteiger partial charge in [-0.25, -0.2) is 10.8 Å². The highest BCUT2D eigenvalue weighted by Gasteiger charge is 2.11. The molecule has 2 heterocycles. The molecule has 108 valence electrons. The SMILES string of the molecule is CCCc1nc(NN)c(C)c(OCCc2cccs2)n1. The third-order valence-electron chi connectivity index (χ3n) is 2.93. The molecule has 0 atom stereocenters. The van der Waals surface area contributed by atoms with Gasteiger partial charge in [0.15, 0.2) is 0 Å². The summed E-state index contributed by atoms with van der Waals surface area (Å²) in [6.07, 6.45) is 2.69. The fourth-order valence-corrected chi connectivity index (χ4v) is 2.55. The van der Waals surface area contributed by atoms with E-state index in [-0.39, 0.29) is 0 Å². The molecule has 0 aliphatic rings. The standard InChI is InChI=1S/C14H20N4OS/c1-3-5-12-16-13(18-15)10(2)14(17-12)19-8-7-11-6-4-9-20-11/h4,6,9H,3,5,7-8,15H2,1-2H3,(H,16,17,18). The van der Waals surface area contributed by atoms with Gasteiger partial charge in [0.2, 0.25) is 5.88 Å². The Kier molecular flexibility index (Phi) is 5.31. The van der Waals surface area contributed by atoms with Crippen molar-refractivity contribution in [1.29, 1.82) is 0 Å². The molecule has 0 fully saturated rings. The Bertz CT molecular complexity index is 542. The van der Waals surface area contributed by atoms with E-state index in [1.54, 1.807) is 11.3 Å². The van der Waals surface area contributed by atoms with Crippen molar-refractivity contribution in [3.8, 4) is 5.88 Å². The van der Waals surface area contributed by atoms with Crippen molar-refractivity contribution in [1.82, 2.24) is 9.97 Å². The van der Waals surface area contributed by atoms with Crippen molar-refractivity contribution < 1.29 is 4.74 Å². The van der Waals surface area contributed by atoms with Gasteiger partial charge in [-0.05, 0) is 24.8 Å². The van der Waals surface area contributed by atoms with Crippen LogP contribution in [-0.2, 0) is 12.8 Å². The Balaban J connectivity index is 2.06. The number of hydrazine groups is 1. The minimum absolute atomic E-state index is 0.605. The summed E-state index contributed by atoms with van der Waals surface area (Å²) in [5, 5.41) is 2.07. The summed E-state index contributed by atoms with van der Waals surface area (Å²) >= 11 is 1.74. The van der Waals surface area contributed by atoms with Gasteiger partial charge in [0, 0.05) is 17.7 Å². The second-order valence-electron chi connectivity index (χ2n) is 4.49. The molecule has 2 aromatic heterocycles. The highest BCUT2D eigenvalue weighted by molar-refractivity contribution is 7.09. The van der Waals surface area contributed by atoms with Crippen LogP contribution in [0.5, 0.6) is 5.88 Å². The Morgan fingerprint density at radius 3 is 2.85 bits per heavy atom. The number of thiophene rings is 1. The van der Waals surface area contributed by atoms with Crippen molar-refractivity contribution in [2.45, 2.75) is 33.1 Å². The molecule has 2 rings (SSSR count). The summed E-state index contributed by atoms with van der Waals surface area (Å²) in [5.41, 5.74) is 3.46. The molecule has 0 bridgehead atoms. The van der Waals surface area contributed by atoms with E-state index < -0.39 is 0 Å². The van der Waals surface area contributed by atoms with E-state index in [1.165, 1.54) is 4.88 Å². The first-order valence-electron chi connectivity index (χ1n) is 6.74. The van der Waals surface area contributed by atoms with Crippen molar-refractivity contribution in [2.24, 2.45) is 5.84 Å². The van der Waals surface area contributed by atoms with Crippen LogP contribution in [0.15, 0.2) is 17.5 Å². The third-order valence-corrected chi connectivity index (χ3v) is 3.86. The molecule has 6 heteroatoms. The number of nitrogen functional groups attached to an aromatic ring is 1. The van der Waals surface area contributed by atoms with Gasteiger partial charge in [-0.3, -0.25) is 0 Å². The average molecular weight is 292 g/mol. The lowest BCUT2D eigenvalue weighted by molar-refractivity contribution is 0.306. The number of aromatic nitrogens is 2. The van der Waals surface area contributed by atoms with E-state index in [0.717, 1.165) is 30.7 Å². The number of nitrogens with one attached hydrogen (secondary N) is 1. The number of hydrogen-bond donors (Lipinski definition) is 2. The van der Waals surface area contributed by atoms with E-state index in [9.17, 15) is 0 Å². The first-order chi connectivity index (χ1) is 9.74. The Labute approximate surface area is 123 Å². The Hall–Kier alpha value is -1.66. The molecule has 0 unspecified atom stereocenters. The molecule has 0 aromatic carbocycles. The van der Waals surface area contributed by atoms with Gasteiger partial charge < -0.3 is 10.2 Å². The molecule has 3 N–H and O–H groups in total. The summed E-state index contributed by atoms with van der Waals surface area (Å²) in [6, 6.07) is 4.15. The fraction of sp³-hybridized carbons (Fsp3) is 0.429. The molecule has 0 aliphatic heterocycles. The van der Waals surface area contributed by atoms with Crippen LogP contribution < -0.4 is 16.0 Å². The maximum Gasteiger partial charge on any atom is 0.221 e. The lowest BCUT2D eigenvalue weighted by Gasteiger charge is -2.12. The quantitative estimate of drug-likeness (QED) is 0.606. The van der Waals surface area contributed by atoms with Crippen LogP contribution in [0, 0.1) is 6.92 Å². The molecule has 0 spiro atoms. The van der Waals surface area contributed by atoms with Gasteiger partial charge in [0.1, 0.15) is 11.6 Å². The summed E-state index contributed by atoms with van der Waals surface area (Å²) in [4.78, 5) is 10.1. The topological polar surface area (TPSA) is 73.1 Å². The first kappa shape index (κ1) is 14.7. The van der Waals surface area contributed by atoms with Crippen LogP contribution in [0.4, 0.5) is 5.82 Å². The van der Waals surface area contributed by atoms with Gasteiger partial charge in [-0.1, -0.05) is 13.0 Å². The Morgan fingerprint density at radius 1 is 1.35 bits per heavy atom. The maximum absolute atomic E-state index is 5.80. The van der Waals surface area contributed by atoms with Crippen molar-refractivity contribution in [3.63, 3.8) is 0 Å². The monoisotopic (exact) mass is 292 g/mol. The summed E-state index contributed by atoms with van der Waals surface area (Å²) in [6.45, 7) is 4.61. The molecule has 0 saturated carbocycles. The zero-order chi connectivity index (χ0) is 14.4. The molecule has 0 radical (unpaired) electrons. The average Bonchev–Trinajstić information content (AvgIpc) is 2.95. The molecule has 0 amide bonds. The van der Waals surface area contributed by atoms with Crippen LogP contribution >= 0.6 is 11.3 Å². The minimum atomic E-state index is 0.605. The predicted molar refractivity (Wildman–Crippen MR) is 82.1 cm³/mol. The smallest absolute Gasteiger partial charge is 0.221 e. The minimum Gasteiger partial charge on any atom is -0.477 e. The number of nitrogens with two attached hydrogens (primary N) is 1. The zero-order valence-electron chi connectivity index (χ0n) is 11.8. The maximum atomic E-state index is 5.80. The molecule has 20 heavy (non-hydrogen) atoms. The summed E-state index contributed by atoms with van der Waals surface area (Å²) < 4.78 is 5.80. The fourth-order valence-electron chi connectivity index (χ4n) is 1.86. The van der Waals surface area contributed by atoms with E-state index in [2.05, 4.69) is 33.8 Å². The van der Waals surface area contributed by atoms with Crippen molar-refractivity contribution in [2.75, 3.05) is 12.0 Å². The number of anilines is 1. The van der Waals surface area contributed by atoms with E-state index >= 15 is 0 Å². The van der Waals surface area contributed by atoms with Gasteiger partial charge in [0.25, 0.3) is 0 Å². The highest BCUT2D eigenvalue weighted by atomic mass is 32.1. The largest absolute Gasteiger partial charge is 0.477 e. The number of nitrogens with zero attached hydrogens (tertiary/aromatic N) is 2. The molecular weight excluding hydrogens is 272 g/mol. The summed E-state index contributed by atoms with van der Waals surface area (Å²) in [5.74, 6) is 7.51. The molecule has 2 aromatic rings. The van der Waals surface area contributed by atoms with Crippen LogP contribution in [0.3, 0.4) is 0 Å². The summed E-state index contributed by atoms with van der Waals surface area (Å²) in [7, 11) is 0. The van der Waals surface area contributed by atoms with Gasteiger partial charge in [-0.15, -0.1) is 11.3 Å². The van der Waals surface area contributed by atoms with Crippen LogP contribution in [-0.4, -0.2) is 16.6 Å². The third kappa shape index (κ3) is 3.68. The number of rotatable bonds is 7. The van der Waals surface area contributed by atoms with E-state index in [0.29, 0.717) is 18.3 Å². The molecule has 0 saturated heterocycles. The van der Waals surface area contributed by atoms with E-state index in [4.69, 9.17) is 10.6 Å². The van der Waals surface area contributed by atoms with Gasteiger partial charge in [0.05, 0.1) is 12.2 Å². The number of aryl methyl sites for hydroxylation is 1. The van der Waals surface area contributed by atoms with Crippen LogP contribution in [0.25, 0.3) is 0 Å². The predicted octanol–water partition coefficient (Wildman–Crippen LogP) is 2.71. The van der Waals surface area contributed by atoms with Crippen LogP contribution in [0.2, 0.25) is 0 Å². The second-order valence-corrected chi connectivity index (χ2v) is 5.52. The van der Waals surface area contributed by atoms with Gasteiger partial charge in [-0.2, -0.15) is 4.98 Å². The van der Waals surface area contributed by atoms with Crippen molar-refractivity contribution in [3.05, 3.63) is 33.8 Å². The Morgan fingerprint density at radius 2 is 2.20 bits per heavy atom. The molecular formula is C14H20N4OS. The molecule has 5 nitrogen and oxygen atoms in total. The lowest BCUT2D eigenvalue weighted by atomic mass is 10.3. The molecule has 0 aliphatic carbocycles. The van der Waals surface area contributed by atoms with E-state index in [1.807, 2.05) is 13.0 Å². The zero-order valence-corrected chi connectivity index (χ0v) is 12.7. The lowest BCUT2D eigenvalue weighted by Crippen LogP contribution is -2.14. The first-order valence-corrected chi connectivity index (χ1v) is 7.61. The normalized spacial score (nSPS) is 10.6. The number of hydrogen-bond acceptors (Lipinski definition) is 6. The van der Waals surface area contributed by atoms with Crippen molar-refractivity contribution >= 4 is 17.2 Å². The second kappa shape index (κ2) is 7.21.